The van der Waals surface area contributed by atoms with E-state index < -0.39 is 0 Å². The van der Waals surface area contributed by atoms with Gasteiger partial charge in [-0.25, -0.2) is 4.98 Å². The maximum Gasteiger partial charge on any atom is 0.230 e. The van der Waals surface area contributed by atoms with Gasteiger partial charge in [0, 0.05) is 4.88 Å². The van der Waals surface area contributed by atoms with Crippen molar-refractivity contribution in [2.45, 2.75) is 38.6 Å². The number of aromatic hydroxyl groups is 1. The molecule has 0 amide bonds. The lowest BCUT2D eigenvalue weighted by Gasteiger charge is -2.29. The van der Waals surface area contributed by atoms with Crippen molar-refractivity contribution < 1.29 is 5.11 Å². The zero-order chi connectivity index (χ0) is 15.8. The Bertz CT molecular complexity index is 785. The molecule has 1 fully saturated rings. The quantitative estimate of drug-likeness (QED) is 0.781. The van der Waals surface area contributed by atoms with E-state index in [0.717, 1.165) is 22.9 Å². The summed E-state index contributed by atoms with van der Waals surface area (Å²) in [5.74, 6) is 0.939. The van der Waals surface area contributed by atoms with Crippen LogP contribution >= 0.6 is 22.7 Å². The Kier molecular flexibility index (Phi) is 4.09. The Morgan fingerprint density at radius 3 is 2.65 bits per heavy atom. The molecule has 0 bridgehead atoms. The summed E-state index contributed by atoms with van der Waals surface area (Å²) in [6.45, 7) is 4.01. The highest BCUT2D eigenvalue weighted by Gasteiger charge is 2.30. The van der Waals surface area contributed by atoms with Crippen molar-refractivity contribution in [2.24, 2.45) is 0 Å². The third kappa shape index (κ3) is 2.77. The van der Waals surface area contributed by atoms with Crippen LogP contribution < -0.4 is 0 Å². The second-order valence-electron chi connectivity index (χ2n) is 6.01. The van der Waals surface area contributed by atoms with Crippen molar-refractivity contribution in [2.75, 3.05) is 13.1 Å². The molecule has 7 heteroatoms. The Balaban J connectivity index is 1.79. The SMILES string of the molecule is Cc1nc2sc(C(c3cccs3)N3CCCCCC3)c(O)n2n1. The van der Waals surface area contributed by atoms with E-state index in [1.165, 1.54) is 30.6 Å². The van der Waals surface area contributed by atoms with Crippen molar-refractivity contribution in [3.8, 4) is 5.88 Å². The predicted molar refractivity (Wildman–Crippen MR) is 93.5 cm³/mol. The lowest BCUT2D eigenvalue weighted by molar-refractivity contribution is 0.235. The molecule has 122 valence electrons. The average molecular weight is 348 g/mol. The predicted octanol–water partition coefficient (Wildman–Crippen LogP) is 3.83. The van der Waals surface area contributed by atoms with Crippen LogP contribution in [0.4, 0.5) is 0 Å². The second-order valence-corrected chi connectivity index (χ2v) is 8.00. The molecule has 0 radical (unpaired) electrons. The van der Waals surface area contributed by atoms with Crippen molar-refractivity contribution >= 4 is 27.6 Å². The van der Waals surface area contributed by atoms with Crippen LogP contribution in [0.2, 0.25) is 0 Å². The number of likely N-dealkylation sites (tertiary alicyclic amines) is 1. The van der Waals surface area contributed by atoms with E-state index in [1.807, 2.05) is 6.92 Å². The summed E-state index contributed by atoms with van der Waals surface area (Å²) in [4.78, 5) is 9.94. The van der Waals surface area contributed by atoms with Gasteiger partial charge in [0.2, 0.25) is 10.8 Å². The monoisotopic (exact) mass is 348 g/mol. The van der Waals surface area contributed by atoms with E-state index in [9.17, 15) is 5.11 Å². The Hall–Kier alpha value is -1.44. The smallest absolute Gasteiger partial charge is 0.230 e. The first kappa shape index (κ1) is 15.1. The average Bonchev–Trinajstić information content (AvgIpc) is 3.17. The van der Waals surface area contributed by atoms with E-state index in [2.05, 4.69) is 32.5 Å². The first-order chi connectivity index (χ1) is 11.2. The topological polar surface area (TPSA) is 53.7 Å². The molecule has 1 N–H and O–H groups in total. The van der Waals surface area contributed by atoms with E-state index in [0.29, 0.717) is 5.82 Å². The maximum absolute atomic E-state index is 10.7. The van der Waals surface area contributed by atoms with Gasteiger partial charge < -0.3 is 5.11 Å². The molecule has 0 spiro atoms. The van der Waals surface area contributed by atoms with Gasteiger partial charge in [0.15, 0.2) is 0 Å². The van der Waals surface area contributed by atoms with Crippen LogP contribution in [0.15, 0.2) is 17.5 Å². The minimum atomic E-state index is 0.113. The summed E-state index contributed by atoms with van der Waals surface area (Å²) in [7, 11) is 0. The molecular formula is C16H20N4OS2. The van der Waals surface area contributed by atoms with Crippen molar-refractivity contribution in [1.82, 2.24) is 19.5 Å². The van der Waals surface area contributed by atoms with Crippen molar-refractivity contribution in [3.63, 3.8) is 0 Å². The van der Waals surface area contributed by atoms with Crippen molar-refractivity contribution in [3.05, 3.63) is 33.1 Å². The van der Waals surface area contributed by atoms with Crippen molar-refractivity contribution in [1.29, 1.82) is 0 Å². The first-order valence-corrected chi connectivity index (χ1v) is 9.76. The molecule has 4 rings (SSSR count). The van der Waals surface area contributed by atoms with Crippen LogP contribution in [0.1, 0.15) is 47.3 Å². The number of rotatable bonds is 3. The molecule has 1 saturated heterocycles. The van der Waals surface area contributed by atoms with Gasteiger partial charge in [0.25, 0.3) is 0 Å². The molecule has 23 heavy (non-hydrogen) atoms. The van der Waals surface area contributed by atoms with E-state index in [4.69, 9.17) is 0 Å². The Morgan fingerprint density at radius 2 is 2.00 bits per heavy atom. The summed E-state index contributed by atoms with van der Waals surface area (Å²) < 4.78 is 1.58. The largest absolute Gasteiger partial charge is 0.492 e. The van der Waals surface area contributed by atoms with Crippen LogP contribution in [-0.2, 0) is 0 Å². The van der Waals surface area contributed by atoms with Crippen LogP contribution in [0, 0.1) is 6.92 Å². The molecule has 0 aliphatic carbocycles. The highest BCUT2D eigenvalue weighted by atomic mass is 32.1. The summed E-state index contributed by atoms with van der Waals surface area (Å²) in [5, 5.41) is 17.1. The number of thiophene rings is 1. The molecule has 1 unspecified atom stereocenters. The lowest BCUT2D eigenvalue weighted by atomic mass is 10.1. The molecule has 1 aliphatic heterocycles. The summed E-state index contributed by atoms with van der Waals surface area (Å²) in [6, 6.07) is 4.37. The molecule has 1 atom stereocenters. The molecule has 5 nitrogen and oxygen atoms in total. The maximum atomic E-state index is 10.7. The van der Waals surface area contributed by atoms with Gasteiger partial charge in [-0.1, -0.05) is 30.2 Å². The summed E-state index contributed by atoms with van der Waals surface area (Å²) >= 11 is 3.31. The van der Waals surface area contributed by atoms with E-state index in [-0.39, 0.29) is 11.9 Å². The van der Waals surface area contributed by atoms with E-state index in [1.54, 1.807) is 27.2 Å². The third-order valence-electron chi connectivity index (χ3n) is 4.37. The van der Waals surface area contributed by atoms with E-state index >= 15 is 0 Å². The zero-order valence-electron chi connectivity index (χ0n) is 13.1. The number of nitrogens with zero attached hydrogens (tertiary/aromatic N) is 4. The highest BCUT2D eigenvalue weighted by molar-refractivity contribution is 7.17. The van der Waals surface area contributed by atoms with Crippen LogP contribution in [0.25, 0.3) is 4.96 Å². The number of thiazole rings is 1. The van der Waals surface area contributed by atoms with Gasteiger partial charge in [-0.3, -0.25) is 4.90 Å². The molecule has 3 aromatic rings. The number of hydrogen-bond donors (Lipinski definition) is 1. The van der Waals surface area contributed by atoms with Gasteiger partial charge >= 0.3 is 0 Å². The number of fused-ring (bicyclic) bond motifs is 1. The number of aromatic nitrogens is 3. The van der Waals surface area contributed by atoms with Gasteiger partial charge in [0.05, 0.1) is 10.9 Å². The number of hydrogen-bond acceptors (Lipinski definition) is 6. The first-order valence-electron chi connectivity index (χ1n) is 8.06. The molecule has 1 aliphatic rings. The fourth-order valence-corrected chi connectivity index (χ4v) is 5.40. The fraction of sp³-hybridized carbons (Fsp3) is 0.500. The second kappa shape index (κ2) is 6.22. The van der Waals surface area contributed by atoms with Gasteiger partial charge in [-0.05, 0) is 44.3 Å². The molecular weight excluding hydrogens is 328 g/mol. The number of aryl methyl sites for hydroxylation is 1. The zero-order valence-corrected chi connectivity index (χ0v) is 14.7. The van der Waals surface area contributed by atoms with Gasteiger partial charge in [-0.2, -0.15) is 4.52 Å². The van der Waals surface area contributed by atoms with Crippen LogP contribution in [-0.4, -0.2) is 37.7 Å². The minimum Gasteiger partial charge on any atom is -0.492 e. The molecule has 0 aromatic carbocycles. The minimum absolute atomic E-state index is 0.113. The van der Waals surface area contributed by atoms with Gasteiger partial charge in [0.1, 0.15) is 5.82 Å². The molecule has 3 aromatic heterocycles. The highest BCUT2D eigenvalue weighted by Crippen LogP contribution is 2.41. The Morgan fingerprint density at radius 1 is 1.22 bits per heavy atom. The summed E-state index contributed by atoms with van der Waals surface area (Å²) in [6.07, 6.45) is 5.05. The van der Waals surface area contributed by atoms with Crippen LogP contribution in [0.3, 0.4) is 0 Å². The van der Waals surface area contributed by atoms with Gasteiger partial charge in [-0.15, -0.1) is 16.4 Å². The fourth-order valence-electron chi connectivity index (χ4n) is 3.30. The molecule has 0 saturated carbocycles. The summed E-state index contributed by atoms with van der Waals surface area (Å²) in [5.41, 5.74) is 0. The molecule has 4 heterocycles. The van der Waals surface area contributed by atoms with Crippen LogP contribution in [0.5, 0.6) is 5.88 Å². The lowest BCUT2D eigenvalue weighted by Crippen LogP contribution is -2.29. The normalized spacial score (nSPS) is 18.3. The Labute approximate surface area is 143 Å². The third-order valence-corrected chi connectivity index (χ3v) is 6.37. The standard InChI is InChI=1S/C16H20N4OS2/c1-11-17-16-20(18-11)15(21)14(23-16)13(12-7-6-10-22-12)19-8-4-2-3-5-9-19/h6-7,10,13,21H,2-5,8-9H2,1H3.